The predicted molar refractivity (Wildman–Crippen MR) is 60.9 cm³/mol. The van der Waals surface area contributed by atoms with Crippen molar-refractivity contribution in [2.24, 2.45) is 0 Å². The quantitative estimate of drug-likeness (QED) is 0.743. The van der Waals surface area contributed by atoms with Crippen LogP contribution in [0.1, 0.15) is 5.56 Å². The summed E-state index contributed by atoms with van der Waals surface area (Å²) in [6, 6.07) is 0. The van der Waals surface area contributed by atoms with E-state index in [1.807, 2.05) is 0 Å². The number of anilines is 1. The van der Waals surface area contributed by atoms with Crippen molar-refractivity contribution in [1.29, 1.82) is 0 Å². The summed E-state index contributed by atoms with van der Waals surface area (Å²) in [6.07, 6.45) is 4.28. The fourth-order valence-electron chi connectivity index (χ4n) is 1.55. The Morgan fingerprint density at radius 3 is 2.93 bits per heavy atom. The van der Waals surface area contributed by atoms with Gasteiger partial charge in [-0.15, -0.1) is 11.3 Å². The smallest absolute Gasteiger partial charge is 0.139 e. The van der Waals surface area contributed by atoms with Crippen molar-refractivity contribution in [2.45, 2.75) is 0 Å². The second-order valence-electron chi connectivity index (χ2n) is 3.35. The molecule has 76 valence electrons. The van der Waals surface area contributed by atoms with Gasteiger partial charge in [-0.1, -0.05) is 12.2 Å². The van der Waals surface area contributed by atoms with Crippen molar-refractivity contribution in [3.63, 3.8) is 0 Å². The maximum absolute atomic E-state index is 5.29. The van der Waals surface area contributed by atoms with E-state index in [1.54, 1.807) is 18.4 Å². The predicted octanol–water partition coefficient (Wildman–Crippen LogP) is 2.07. The van der Waals surface area contributed by atoms with E-state index in [1.165, 1.54) is 10.6 Å². The lowest BCUT2D eigenvalue weighted by atomic mass is 10.2. The van der Waals surface area contributed by atoms with E-state index < -0.39 is 0 Å². The molecule has 0 fully saturated rings. The van der Waals surface area contributed by atoms with Crippen molar-refractivity contribution in [3.05, 3.63) is 17.0 Å². The highest BCUT2D eigenvalue weighted by Crippen LogP contribution is 2.39. The number of hydrogen-bond donors (Lipinski definition) is 0. The number of methoxy groups -OCH3 is 1. The summed E-state index contributed by atoms with van der Waals surface area (Å²) >= 11 is 1.72. The lowest BCUT2D eigenvalue weighted by Gasteiger charge is -2.31. The number of hydrazine groups is 1. The number of nitrogens with zero attached hydrogens (tertiary/aromatic N) is 2. The van der Waals surface area contributed by atoms with Crippen LogP contribution >= 0.6 is 11.3 Å². The minimum atomic E-state index is 0.934. The second kappa shape index (κ2) is 3.63. The van der Waals surface area contributed by atoms with Gasteiger partial charge in [-0.05, 0) is 0 Å². The molecule has 0 spiro atoms. The highest BCUT2D eigenvalue weighted by molar-refractivity contribution is 7.14. The van der Waals surface area contributed by atoms with Crippen LogP contribution in [0.3, 0.4) is 0 Å². The molecule has 2 rings (SSSR count). The van der Waals surface area contributed by atoms with Crippen molar-refractivity contribution < 1.29 is 4.74 Å². The first-order valence-electron chi connectivity index (χ1n) is 4.51. The Morgan fingerprint density at radius 1 is 1.50 bits per heavy atom. The third-order valence-electron chi connectivity index (χ3n) is 2.27. The molecule has 0 aliphatic carbocycles. The standard InChI is InChI=1S/C10H14N2OS/c1-11(2)12-6-4-5-8-9(13-3)7-14-10(8)12/h4-5,7H,6H2,1-3H3. The van der Waals surface area contributed by atoms with E-state index in [0.717, 1.165) is 12.3 Å². The molecule has 0 atom stereocenters. The number of fused-ring (bicyclic) bond motifs is 1. The highest BCUT2D eigenvalue weighted by Gasteiger charge is 2.20. The number of rotatable bonds is 2. The van der Waals surface area contributed by atoms with Gasteiger partial charge in [0.1, 0.15) is 10.8 Å². The molecule has 0 saturated heterocycles. The largest absolute Gasteiger partial charge is 0.495 e. The molecule has 1 aromatic rings. The van der Waals surface area contributed by atoms with Crippen LogP contribution in [0.2, 0.25) is 0 Å². The molecule has 0 aromatic carbocycles. The molecule has 1 aliphatic rings. The van der Waals surface area contributed by atoms with Crippen LogP contribution < -0.4 is 9.75 Å². The van der Waals surface area contributed by atoms with Gasteiger partial charge in [0.15, 0.2) is 0 Å². The maximum Gasteiger partial charge on any atom is 0.139 e. The van der Waals surface area contributed by atoms with Gasteiger partial charge in [0.05, 0.1) is 19.2 Å². The first-order chi connectivity index (χ1) is 6.74. The lowest BCUT2D eigenvalue weighted by molar-refractivity contribution is 0.383. The van der Waals surface area contributed by atoms with Crippen LogP contribution in [0.4, 0.5) is 5.00 Å². The topological polar surface area (TPSA) is 15.7 Å². The van der Waals surface area contributed by atoms with Crippen LogP contribution in [0, 0.1) is 0 Å². The van der Waals surface area contributed by atoms with Gasteiger partial charge in [-0.2, -0.15) is 0 Å². The first kappa shape index (κ1) is 9.55. The van der Waals surface area contributed by atoms with Crippen LogP contribution in [0.15, 0.2) is 11.5 Å². The van der Waals surface area contributed by atoms with E-state index in [2.05, 4.69) is 41.6 Å². The summed E-state index contributed by atoms with van der Waals surface area (Å²) in [7, 11) is 5.81. The summed E-state index contributed by atoms with van der Waals surface area (Å²) in [4.78, 5) is 0. The van der Waals surface area contributed by atoms with Crippen molar-refractivity contribution in [3.8, 4) is 5.75 Å². The van der Waals surface area contributed by atoms with Gasteiger partial charge >= 0.3 is 0 Å². The molecule has 4 heteroatoms. The monoisotopic (exact) mass is 210 g/mol. The zero-order valence-electron chi connectivity index (χ0n) is 8.65. The third kappa shape index (κ3) is 1.40. The number of hydrogen-bond acceptors (Lipinski definition) is 4. The molecular weight excluding hydrogens is 196 g/mol. The fraction of sp³-hybridized carbons (Fsp3) is 0.400. The van der Waals surface area contributed by atoms with Gasteiger partial charge in [-0.25, -0.2) is 5.01 Å². The van der Waals surface area contributed by atoms with E-state index >= 15 is 0 Å². The molecule has 0 bridgehead atoms. The lowest BCUT2D eigenvalue weighted by Crippen LogP contribution is -2.37. The number of ether oxygens (including phenoxy) is 1. The van der Waals surface area contributed by atoms with E-state index in [9.17, 15) is 0 Å². The van der Waals surface area contributed by atoms with Gasteiger partial charge < -0.3 is 4.74 Å². The minimum absolute atomic E-state index is 0.934. The molecule has 1 aliphatic heterocycles. The highest BCUT2D eigenvalue weighted by atomic mass is 32.1. The average molecular weight is 210 g/mol. The van der Waals surface area contributed by atoms with Crippen LogP contribution in [-0.2, 0) is 0 Å². The molecule has 3 nitrogen and oxygen atoms in total. The zero-order valence-corrected chi connectivity index (χ0v) is 9.47. The maximum atomic E-state index is 5.29. The van der Waals surface area contributed by atoms with Crippen molar-refractivity contribution in [2.75, 3.05) is 32.8 Å². The summed E-state index contributed by atoms with van der Waals surface area (Å²) in [5, 5.41) is 7.63. The second-order valence-corrected chi connectivity index (χ2v) is 4.21. The third-order valence-corrected chi connectivity index (χ3v) is 3.26. The van der Waals surface area contributed by atoms with Crippen LogP contribution in [0.25, 0.3) is 6.08 Å². The van der Waals surface area contributed by atoms with Crippen LogP contribution in [0.5, 0.6) is 5.75 Å². The number of thiophene rings is 1. The Morgan fingerprint density at radius 2 is 2.29 bits per heavy atom. The van der Waals surface area contributed by atoms with Gasteiger partial charge in [0.25, 0.3) is 0 Å². The molecule has 0 amide bonds. The molecule has 0 N–H and O–H groups in total. The summed E-state index contributed by atoms with van der Waals surface area (Å²) in [5.74, 6) is 0.966. The molecular formula is C10H14N2OS. The first-order valence-corrected chi connectivity index (χ1v) is 5.39. The Labute approximate surface area is 88.2 Å². The Kier molecular flexibility index (Phi) is 2.48. The fourth-order valence-corrected chi connectivity index (χ4v) is 2.65. The van der Waals surface area contributed by atoms with E-state index in [-0.39, 0.29) is 0 Å². The molecule has 0 unspecified atom stereocenters. The van der Waals surface area contributed by atoms with Crippen LogP contribution in [-0.4, -0.2) is 32.8 Å². The summed E-state index contributed by atoms with van der Waals surface area (Å²) < 4.78 is 5.29. The van der Waals surface area contributed by atoms with Crippen molar-refractivity contribution >= 4 is 22.4 Å². The van der Waals surface area contributed by atoms with E-state index in [4.69, 9.17) is 4.74 Å². The summed E-state index contributed by atoms with van der Waals surface area (Å²) in [5.41, 5.74) is 1.19. The van der Waals surface area contributed by atoms with Gasteiger partial charge in [0, 0.05) is 19.5 Å². The molecule has 1 aromatic heterocycles. The molecule has 0 radical (unpaired) electrons. The summed E-state index contributed by atoms with van der Waals surface area (Å²) in [6.45, 7) is 0.934. The molecule has 2 heterocycles. The van der Waals surface area contributed by atoms with Gasteiger partial charge in [0.2, 0.25) is 0 Å². The normalized spacial score (nSPS) is 14.7. The average Bonchev–Trinajstić information content (AvgIpc) is 2.59. The van der Waals surface area contributed by atoms with Gasteiger partial charge in [-0.3, -0.25) is 5.01 Å². The molecule has 0 saturated carbocycles. The Bertz CT molecular complexity index is 357. The Hall–Kier alpha value is -1.00. The minimum Gasteiger partial charge on any atom is -0.495 e. The Balaban J connectivity index is 2.42. The van der Waals surface area contributed by atoms with Crippen molar-refractivity contribution in [1.82, 2.24) is 5.01 Å². The SMILES string of the molecule is COc1csc2c1C=CCN2N(C)C. The van der Waals surface area contributed by atoms with E-state index in [0.29, 0.717) is 0 Å². The molecule has 14 heavy (non-hydrogen) atoms. The zero-order chi connectivity index (χ0) is 10.1.